The van der Waals surface area contributed by atoms with Crippen LogP contribution in [0.15, 0.2) is 40.9 Å². The molecule has 0 aliphatic rings. The van der Waals surface area contributed by atoms with Gasteiger partial charge in [-0.25, -0.2) is 10.8 Å². The summed E-state index contributed by atoms with van der Waals surface area (Å²) in [5, 5.41) is 14.0. The number of pyridine rings is 1. The maximum absolute atomic E-state index is 10.9. The lowest BCUT2D eigenvalue weighted by Gasteiger charge is -2.15. The predicted molar refractivity (Wildman–Crippen MR) is 84.9 cm³/mol. The topological polar surface area (TPSA) is 106 Å². The first-order valence-electron chi connectivity index (χ1n) is 6.14. The summed E-state index contributed by atoms with van der Waals surface area (Å²) in [5.74, 6) is 5.89. The van der Waals surface area contributed by atoms with Crippen molar-refractivity contribution < 1.29 is 4.92 Å². The standard InChI is InChI=1S/C13H14BrN5O2/c1-8(9-3-2-4-10(14)5-9)16-12-6-11(19(20)21)7-13(17-12)18-15/h2-8H,15H2,1H3,(H2,16,17,18). The van der Waals surface area contributed by atoms with Gasteiger partial charge in [0.05, 0.1) is 17.1 Å². The van der Waals surface area contributed by atoms with Gasteiger partial charge in [-0.05, 0) is 24.6 Å². The highest BCUT2D eigenvalue weighted by atomic mass is 79.9. The molecule has 21 heavy (non-hydrogen) atoms. The van der Waals surface area contributed by atoms with E-state index in [1.165, 1.54) is 12.1 Å². The minimum atomic E-state index is -0.489. The summed E-state index contributed by atoms with van der Waals surface area (Å²) in [4.78, 5) is 14.6. The molecule has 7 nitrogen and oxygen atoms in total. The lowest BCUT2D eigenvalue weighted by molar-refractivity contribution is -0.384. The summed E-state index contributed by atoms with van der Waals surface area (Å²) < 4.78 is 0.963. The van der Waals surface area contributed by atoms with Crippen LogP contribution in [0.5, 0.6) is 0 Å². The highest BCUT2D eigenvalue weighted by Gasteiger charge is 2.13. The Morgan fingerprint density at radius 1 is 1.33 bits per heavy atom. The van der Waals surface area contributed by atoms with Crippen LogP contribution in [0.3, 0.4) is 0 Å². The number of anilines is 2. The third-order valence-corrected chi connectivity index (χ3v) is 3.38. The zero-order valence-corrected chi connectivity index (χ0v) is 12.8. The summed E-state index contributed by atoms with van der Waals surface area (Å²) in [5.41, 5.74) is 3.27. The Labute approximate surface area is 129 Å². The van der Waals surface area contributed by atoms with Gasteiger partial charge in [0.15, 0.2) is 0 Å². The van der Waals surface area contributed by atoms with Gasteiger partial charge in [0.2, 0.25) is 0 Å². The Morgan fingerprint density at radius 2 is 2.05 bits per heavy atom. The molecule has 1 unspecified atom stereocenters. The van der Waals surface area contributed by atoms with Crippen LogP contribution in [0, 0.1) is 10.1 Å². The van der Waals surface area contributed by atoms with E-state index in [4.69, 9.17) is 5.84 Å². The molecule has 0 fully saturated rings. The molecular weight excluding hydrogens is 338 g/mol. The number of rotatable bonds is 5. The number of nitrogens with zero attached hydrogens (tertiary/aromatic N) is 2. The van der Waals surface area contributed by atoms with Gasteiger partial charge in [-0.1, -0.05) is 28.1 Å². The summed E-state index contributed by atoms with van der Waals surface area (Å²) in [6.07, 6.45) is 0. The Morgan fingerprint density at radius 3 is 2.67 bits per heavy atom. The van der Waals surface area contributed by atoms with Crippen molar-refractivity contribution >= 4 is 33.3 Å². The molecule has 1 aromatic carbocycles. The number of halogens is 1. The first kappa shape index (κ1) is 15.2. The predicted octanol–water partition coefficient (Wildman–Crippen LogP) is 3.21. The SMILES string of the molecule is CC(Nc1cc([N+](=O)[O-])cc(NN)n1)c1cccc(Br)c1. The molecule has 0 spiro atoms. The molecule has 1 aromatic heterocycles. The van der Waals surface area contributed by atoms with Gasteiger partial charge >= 0.3 is 0 Å². The smallest absolute Gasteiger partial charge is 0.276 e. The number of nitrogens with one attached hydrogen (secondary N) is 2. The fourth-order valence-corrected chi connectivity index (χ4v) is 2.27. The summed E-state index contributed by atoms with van der Waals surface area (Å²) in [7, 11) is 0. The third-order valence-electron chi connectivity index (χ3n) is 2.88. The van der Waals surface area contributed by atoms with E-state index in [0.717, 1.165) is 10.0 Å². The molecule has 110 valence electrons. The van der Waals surface area contributed by atoms with Crippen molar-refractivity contribution in [2.75, 3.05) is 10.7 Å². The number of aromatic nitrogens is 1. The zero-order chi connectivity index (χ0) is 15.4. The quantitative estimate of drug-likeness (QED) is 0.433. The van der Waals surface area contributed by atoms with E-state index in [1.807, 2.05) is 31.2 Å². The lowest BCUT2D eigenvalue weighted by atomic mass is 10.1. The molecule has 0 saturated heterocycles. The Balaban J connectivity index is 2.26. The fourth-order valence-electron chi connectivity index (χ4n) is 1.85. The van der Waals surface area contributed by atoms with E-state index in [9.17, 15) is 10.1 Å². The van der Waals surface area contributed by atoms with E-state index < -0.39 is 4.92 Å². The van der Waals surface area contributed by atoms with Crippen molar-refractivity contribution in [1.82, 2.24) is 4.98 Å². The number of nitro groups is 1. The number of nitrogen functional groups attached to an aromatic ring is 1. The number of hydrogen-bond acceptors (Lipinski definition) is 6. The summed E-state index contributed by atoms with van der Waals surface area (Å²) in [6, 6.07) is 10.4. The number of benzene rings is 1. The molecule has 0 aliphatic heterocycles. The maximum Gasteiger partial charge on any atom is 0.276 e. The second-order valence-electron chi connectivity index (χ2n) is 4.42. The second kappa shape index (κ2) is 6.51. The molecule has 2 rings (SSSR count). The van der Waals surface area contributed by atoms with Gasteiger partial charge in [-0.3, -0.25) is 10.1 Å². The number of hydrazine groups is 1. The average molecular weight is 352 g/mol. The molecule has 0 amide bonds. The van der Waals surface area contributed by atoms with Crippen molar-refractivity contribution in [2.24, 2.45) is 5.84 Å². The zero-order valence-electron chi connectivity index (χ0n) is 11.2. The van der Waals surface area contributed by atoms with Gasteiger partial charge in [0.25, 0.3) is 5.69 Å². The first-order chi connectivity index (χ1) is 9.99. The van der Waals surface area contributed by atoms with E-state index >= 15 is 0 Å². The monoisotopic (exact) mass is 351 g/mol. The van der Waals surface area contributed by atoms with Crippen molar-refractivity contribution in [3.63, 3.8) is 0 Å². The van der Waals surface area contributed by atoms with Crippen LogP contribution in [0.4, 0.5) is 17.3 Å². The summed E-state index contributed by atoms with van der Waals surface area (Å²) >= 11 is 3.41. The molecule has 1 atom stereocenters. The van der Waals surface area contributed by atoms with Crippen LogP contribution in [-0.2, 0) is 0 Å². The van der Waals surface area contributed by atoms with Crippen LogP contribution in [0.1, 0.15) is 18.5 Å². The number of hydrogen-bond donors (Lipinski definition) is 3. The maximum atomic E-state index is 10.9. The minimum Gasteiger partial charge on any atom is -0.363 e. The highest BCUT2D eigenvalue weighted by Crippen LogP contribution is 2.25. The minimum absolute atomic E-state index is 0.0670. The molecule has 8 heteroatoms. The molecule has 0 aliphatic carbocycles. The second-order valence-corrected chi connectivity index (χ2v) is 5.33. The Bertz CT molecular complexity index is 665. The van der Waals surface area contributed by atoms with E-state index in [1.54, 1.807) is 0 Å². The van der Waals surface area contributed by atoms with E-state index in [0.29, 0.717) is 5.82 Å². The van der Waals surface area contributed by atoms with E-state index in [-0.39, 0.29) is 17.5 Å². The van der Waals surface area contributed by atoms with Crippen LogP contribution in [0.2, 0.25) is 0 Å². The molecule has 4 N–H and O–H groups in total. The van der Waals surface area contributed by atoms with Crippen LogP contribution >= 0.6 is 15.9 Å². The van der Waals surface area contributed by atoms with Gasteiger partial charge in [0.1, 0.15) is 11.6 Å². The Hall–Kier alpha value is -2.19. The van der Waals surface area contributed by atoms with Crippen molar-refractivity contribution in [2.45, 2.75) is 13.0 Å². The lowest BCUT2D eigenvalue weighted by Crippen LogP contribution is -2.12. The van der Waals surface area contributed by atoms with Gasteiger partial charge in [0, 0.05) is 10.5 Å². The highest BCUT2D eigenvalue weighted by molar-refractivity contribution is 9.10. The van der Waals surface area contributed by atoms with Crippen LogP contribution in [-0.4, -0.2) is 9.91 Å². The fraction of sp³-hybridized carbons (Fsp3) is 0.154. The van der Waals surface area contributed by atoms with E-state index in [2.05, 4.69) is 31.7 Å². The largest absolute Gasteiger partial charge is 0.363 e. The normalized spacial score (nSPS) is 11.8. The Kier molecular flexibility index (Phi) is 4.71. The van der Waals surface area contributed by atoms with Crippen LogP contribution < -0.4 is 16.6 Å². The van der Waals surface area contributed by atoms with Gasteiger partial charge in [-0.15, -0.1) is 0 Å². The van der Waals surface area contributed by atoms with Gasteiger partial charge < -0.3 is 10.7 Å². The molecular formula is C13H14BrN5O2. The molecule has 0 saturated carbocycles. The summed E-state index contributed by atoms with van der Waals surface area (Å²) in [6.45, 7) is 1.94. The van der Waals surface area contributed by atoms with Crippen molar-refractivity contribution in [3.8, 4) is 0 Å². The van der Waals surface area contributed by atoms with Gasteiger partial charge in [-0.2, -0.15) is 0 Å². The molecule has 1 heterocycles. The molecule has 0 bridgehead atoms. The molecule has 0 radical (unpaired) electrons. The van der Waals surface area contributed by atoms with Crippen molar-refractivity contribution in [1.29, 1.82) is 0 Å². The number of nitrogens with two attached hydrogens (primary N) is 1. The first-order valence-corrected chi connectivity index (χ1v) is 6.94. The average Bonchev–Trinajstić information content (AvgIpc) is 2.46. The molecule has 2 aromatic rings. The van der Waals surface area contributed by atoms with Crippen LogP contribution in [0.25, 0.3) is 0 Å². The van der Waals surface area contributed by atoms with Crippen molar-refractivity contribution in [3.05, 3.63) is 56.5 Å². The third kappa shape index (κ3) is 3.89.